The number of hydrogen-bond donors (Lipinski definition) is 1. The molecule has 0 bridgehead atoms. The molecule has 1 N–H and O–H groups in total. The maximum absolute atomic E-state index is 13.7. The van der Waals surface area contributed by atoms with Crippen molar-refractivity contribution in [3.63, 3.8) is 0 Å². The quantitative estimate of drug-likeness (QED) is 0.648. The molecule has 2 rings (SSSR count). The van der Waals surface area contributed by atoms with Gasteiger partial charge >= 0.3 is 5.97 Å². The van der Waals surface area contributed by atoms with Gasteiger partial charge in [-0.2, -0.15) is 0 Å². The average Bonchev–Trinajstić information content (AvgIpc) is 2.73. The summed E-state index contributed by atoms with van der Waals surface area (Å²) in [5.74, 6) is -1.94. The van der Waals surface area contributed by atoms with Gasteiger partial charge in [0.15, 0.2) is 0 Å². The highest BCUT2D eigenvalue weighted by atomic mass is 32.2. The molecule has 0 saturated carbocycles. The lowest BCUT2D eigenvalue weighted by Gasteiger charge is -2.24. The molecule has 1 heterocycles. The van der Waals surface area contributed by atoms with Crippen molar-refractivity contribution in [2.75, 3.05) is 0 Å². The Bertz CT molecular complexity index is 688. The first-order valence-electron chi connectivity index (χ1n) is 7.05. The van der Waals surface area contributed by atoms with Crippen molar-refractivity contribution < 1.29 is 19.1 Å². The first kappa shape index (κ1) is 17.6. The predicted molar refractivity (Wildman–Crippen MR) is 92.3 cm³/mol. The maximum Gasteiger partial charge on any atom is 0.326 e. The van der Waals surface area contributed by atoms with Crippen LogP contribution in [-0.2, 0) is 9.59 Å². The van der Waals surface area contributed by atoms with Gasteiger partial charge in [-0.15, -0.1) is 0 Å². The van der Waals surface area contributed by atoms with E-state index in [1.54, 1.807) is 18.2 Å². The number of thiocarbonyl (C=S) groups is 1. The maximum atomic E-state index is 13.7. The standard InChI is InChI=1S/C16H16FNO3S2/c1-9(2)7-12(15(20)21)18-14(19)13(23-16(18)22)8-10-5-3-4-6-11(10)17/h3-6,8-9,12H,7H2,1-2H3,(H,20,21)/b13-8-/t12-/m1/s1. The molecule has 0 radical (unpaired) electrons. The first-order valence-corrected chi connectivity index (χ1v) is 8.28. The van der Waals surface area contributed by atoms with Gasteiger partial charge in [-0.1, -0.05) is 56.0 Å². The third-order valence-electron chi connectivity index (χ3n) is 3.31. The minimum Gasteiger partial charge on any atom is -0.480 e. The molecule has 0 unspecified atom stereocenters. The molecule has 1 aliphatic heterocycles. The van der Waals surface area contributed by atoms with Crippen LogP contribution < -0.4 is 0 Å². The van der Waals surface area contributed by atoms with Gasteiger partial charge in [-0.25, -0.2) is 9.18 Å². The van der Waals surface area contributed by atoms with Gasteiger partial charge in [-0.3, -0.25) is 9.69 Å². The van der Waals surface area contributed by atoms with E-state index in [9.17, 15) is 19.1 Å². The number of hydrogen-bond acceptors (Lipinski definition) is 4. The van der Waals surface area contributed by atoms with E-state index in [2.05, 4.69) is 0 Å². The third kappa shape index (κ3) is 3.97. The lowest BCUT2D eigenvalue weighted by molar-refractivity contribution is -0.145. The minimum absolute atomic E-state index is 0.0938. The Morgan fingerprint density at radius 1 is 1.43 bits per heavy atom. The Morgan fingerprint density at radius 2 is 2.09 bits per heavy atom. The third-order valence-corrected chi connectivity index (χ3v) is 4.64. The molecule has 0 aromatic heterocycles. The zero-order valence-electron chi connectivity index (χ0n) is 12.7. The van der Waals surface area contributed by atoms with Crippen LogP contribution in [0, 0.1) is 11.7 Å². The number of aliphatic carboxylic acids is 1. The van der Waals surface area contributed by atoms with Crippen molar-refractivity contribution in [3.8, 4) is 0 Å². The van der Waals surface area contributed by atoms with Gasteiger partial charge in [-0.05, 0) is 24.5 Å². The Labute approximate surface area is 143 Å². The van der Waals surface area contributed by atoms with Gasteiger partial charge in [0, 0.05) is 5.56 Å². The summed E-state index contributed by atoms with van der Waals surface area (Å²) < 4.78 is 13.9. The summed E-state index contributed by atoms with van der Waals surface area (Å²) in [5.41, 5.74) is 0.267. The van der Waals surface area contributed by atoms with E-state index in [4.69, 9.17) is 12.2 Å². The van der Waals surface area contributed by atoms with E-state index in [1.807, 2.05) is 13.8 Å². The number of carboxylic acids is 1. The number of nitrogens with zero attached hydrogens (tertiary/aromatic N) is 1. The van der Waals surface area contributed by atoms with Crippen LogP contribution in [0.4, 0.5) is 4.39 Å². The molecular weight excluding hydrogens is 337 g/mol. The van der Waals surface area contributed by atoms with E-state index in [0.717, 1.165) is 16.7 Å². The second-order valence-corrected chi connectivity index (χ2v) is 7.23. The average molecular weight is 353 g/mol. The van der Waals surface area contributed by atoms with E-state index in [-0.39, 0.29) is 20.7 Å². The van der Waals surface area contributed by atoms with Gasteiger partial charge in [0.25, 0.3) is 5.91 Å². The summed E-state index contributed by atoms with van der Waals surface area (Å²) in [4.78, 5) is 25.4. The zero-order chi connectivity index (χ0) is 17.1. The van der Waals surface area contributed by atoms with Crippen LogP contribution in [0.2, 0.25) is 0 Å². The Kier molecular flexibility index (Phi) is 5.54. The second-order valence-electron chi connectivity index (χ2n) is 5.56. The fourth-order valence-electron chi connectivity index (χ4n) is 2.25. The SMILES string of the molecule is CC(C)C[C@H](C(=O)O)N1C(=O)/C(=C/c2ccccc2F)SC1=S. The highest BCUT2D eigenvalue weighted by Gasteiger charge is 2.40. The van der Waals surface area contributed by atoms with Gasteiger partial charge in [0.05, 0.1) is 4.91 Å². The van der Waals surface area contributed by atoms with E-state index < -0.39 is 23.7 Å². The molecular formula is C16H16FNO3S2. The van der Waals surface area contributed by atoms with E-state index in [0.29, 0.717) is 6.42 Å². The topological polar surface area (TPSA) is 57.6 Å². The second kappa shape index (κ2) is 7.23. The van der Waals surface area contributed by atoms with Crippen LogP contribution in [0.3, 0.4) is 0 Å². The zero-order valence-corrected chi connectivity index (χ0v) is 14.3. The molecule has 0 spiro atoms. The molecule has 0 aliphatic carbocycles. The molecule has 7 heteroatoms. The fraction of sp³-hybridized carbons (Fsp3) is 0.312. The van der Waals surface area contributed by atoms with Crippen LogP contribution in [0.25, 0.3) is 6.08 Å². The van der Waals surface area contributed by atoms with Crippen molar-refractivity contribution in [2.45, 2.75) is 26.3 Å². The lowest BCUT2D eigenvalue weighted by atomic mass is 10.0. The summed E-state index contributed by atoms with van der Waals surface area (Å²) >= 11 is 6.16. The van der Waals surface area contributed by atoms with Crippen molar-refractivity contribution in [1.82, 2.24) is 4.90 Å². The molecule has 1 aromatic carbocycles. The number of carboxylic acid groups (broad SMARTS) is 1. The molecule has 122 valence electrons. The fourth-order valence-corrected chi connectivity index (χ4v) is 3.59. The minimum atomic E-state index is -1.10. The van der Waals surface area contributed by atoms with Crippen LogP contribution >= 0.6 is 24.0 Å². The largest absolute Gasteiger partial charge is 0.480 e. The molecule has 23 heavy (non-hydrogen) atoms. The predicted octanol–water partition coefficient (Wildman–Crippen LogP) is 3.53. The first-order chi connectivity index (χ1) is 10.8. The van der Waals surface area contributed by atoms with Gasteiger partial charge in [0.2, 0.25) is 0 Å². The van der Waals surface area contributed by atoms with Crippen LogP contribution in [-0.4, -0.2) is 32.2 Å². The van der Waals surface area contributed by atoms with Gasteiger partial charge in [0.1, 0.15) is 16.2 Å². The smallest absolute Gasteiger partial charge is 0.326 e. The number of thioether (sulfide) groups is 1. The van der Waals surface area contributed by atoms with Crippen LogP contribution in [0.1, 0.15) is 25.8 Å². The molecule has 4 nitrogen and oxygen atoms in total. The monoisotopic (exact) mass is 353 g/mol. The highest BCUT2D eigenvalue weighted by Crippen LogP contribution is 2.35. The van der Waals surface area contributed by atoms with Crippen molar-refractivity contribution in [2.24, 2.45) is 5.92 Å². The van der Waals surface area contributed by atoms with Crippen molar-refractivity contribution >= 4 is 46.3 Å². The number of amides is 1. The molecule has 1 fully saturated rings. The van der Waals surface area contributed by atoms with Gasteiger partial charge < -0.3 is 5.11 Å². The Morgan fingerprint density at radius 3 is 2.65 bits per heavy atom. The number of rotatable bonds is 5. The number of carbonyl (C=O) groups excluding carboxylic acids is 1. The molecule has 1 saturated heterocycles. The number of halogens is 1. The number of benzene rings is 1. The Balaban J connectivity index is 2.32. The van der Waals surface area contributed by atoms with Crippen LogP contribution in [0.15, 0.2) is 29.2 Å². The summed E-state index contributed by atoms with van der Waals surface area (Å²) in [7, 11) is 0. The Hall–Kier alpha value is -1.73. The van der Waals surface area contributed by atoms with E-state index >= 15 is 0 Å². The van der Waals surface area contributed by atoms with Crippen molar-refractivity contribution in [1.29, 1.82) is 0 Å². The molecule has 1 aliphatic rings. The highest BCUT2D eigenvalue weighted by molar-refractivity contribution is 8.26. The summed E-state index contributed by atoms with van der Waals surface area (Å²) in [6, 6.07) is 5.06. The molecule has 1 aromatic rings. The lowest BCUT2D eigenvalue weighted by Crippen LogP contribution is -2.44. The van der Waals surface area contributed by atoms with Crippen LogP contribution in [0.5, 0.6) is 0 Å². The van der Waals surface area contributed by atoms with Crippen molar-refractivity contribution in [3.05, 3.63) is 40.6 Å². The number of carbonyl (C=O) groups is 2. The molecule has 1 amide bonds. The normalized spacial score (nSPS) is 18.1. The van der Waals surface area contributed by atoms with E-state index in [1.165, 1.54) is 12.1 Å². The summed E-state index contributed by atoms with van der Waals surface area (Å²) in [6.07, 6.45) is 1.71. The summed E-state index contributed by atoms with van der Waals surface area (Å²) in [6.45, 7) is 3.76. The summed E-state index contributed by atoms with van der Waals surface area (Å²) in [5, 5.41) is 9.40. The molecule has 1 atom stereocenters.